The molecule has 0 heteroatoms. The summed E-state index contributed by atoms with van der Waals surface area (Å²) in [5.74, 6) is 0. The molecule has 0 unspecified atom stereocenters. The topological polar surface area (TPSA) is 0 Å². The predicted octanol–water partition coefficient (Wildman–Crippen LogP) is 2.28. The first-order valence-electron chi connectivity index (χ1n) is 2.72. The van der Waals surface area contributed by atoms with Crippen LogP contribution < -0.4 is 0 Å². The molecular formula is C10H6. The van der Waals surface area contributed by atoms with Crippen LogP contribution in [-0.2, 0) is 0 Å². The fourth-order valence-electron chi connectivity index (χ4n) is 0.246. The van der Waals surface area contributed by atoms with E-state index in [0.717, 1.165) is 0 Å². The third-order valence-corrected chi connectivity index (χ3v) is 0.555. The van der Waals surface area contributed by atoms with Gasteiger partial charge in [-0.2, -0.15) is 0 Å². The van der Waals surface area contributed by atoms with Crippen molar-refractivity contribution in [3.05, 3.63) is 52.8 Å². The molecule has 0 nitrogen and oxygen atoms in total. The smallest absolute Gasteiger partial charge is 0.0000447 e. The molecule has 0 radical (unpaired) electrons. The van der Waals surface area contributed by atoms with E-state index in [-0.39, 0.29) is 0 Å². The lowest BCUT2D eigenvalue weighted by atomic mass is 10.6. The molecule has 0 saturated heterocycles. The van der Waals surface area contributed by atoms with Crippen molar-refractivity contribution in [1.29, 1.82) is 0 Å². The Hall–Kier alpha value is -1.80. The molecule has 0 heterocycles. The zero-order chi connectivity index (χ0) is 7.66. The van der Waals surface area contributed by atoms with Crippen molar-refractivity contribution in [3.8, 4) is 0 Å². The van der Waals surface area contributed by atoms with Gasteiger partial charge in [0.05, 0.1) is 0 Å². The Labute approximate surface area is 60.5 Å². The van der Waals surface area contributed by atoms with E-state index in [1.807, 2.05) is 6.92 Å². The van der Waals surface area contributed by atoms with Gasteiger partial charge < -0.3 is 0 Å². The minimum Gasteiger partial charge on any atom is -0.0687 e. The van der Waals surface area contributed by atoms with Crippen molar-refractivity contribution in [3.63, 3.8) is 0 Å². The summed E-state index contributed by atoms with van der Waals surface area (Å²) in [4.78, 5) is 0. The minimum atomic E-state index is 1.72. The third-order valence-electron chi connectivity index (χ3n) is 0.555. The molecule has 10 heavy (non-hydrogen) atoms. The van der Waals surface area contributed by atoms with Crippen LogP contribution >= 0.6 is 0 Å². The van der Waals surface area contributed by atoms with Crippen LogP contribution in [0.3, 0.4) is 0 Å². The van der Waals surface area contributed by atoms with E-state index in [2.05, 4.69) is 46.7 Å². The molecule has 0 bridgehead atoms. The Balaban J connectivity index is 5.09. The fourth-order valence-corrected chi connectivity index (χ4v) is 0.246. The van der Waals surface area contributed by atoms with Gasteiger partial charge in [0.25, 0.3) is 0 Å². The molecule has 0 aliphatic heterocycles. The second-order valence-corrected chi connectivity index (χ2v) is 1.23. The van der Waals surface area contributed by atoms with Crippen LogP contribution in [0.5, 0.6) is 0 Å². The minimum absolute atomic E-state index is 1.72. The lowest BCUT2D eigenvalue weighted by molar-refractivity contribution is 1.78. The Morgan fingerprint density at radius 3 is 2.20 bits per heavy atom. The molecule has 0 N–H and O–H groups in total. The second kappa shape index (κ2) is 7.20. The molecule has 0 atom stereocenters. The molecule has 0 rings (SSSR count). The number of allylic oxidation sites excluding steroid dienone is 1. The van der Waals surface area contributed by atoms with Crippen LogP contribution in [0, 0.1) is 0 Å². The molecule has 0 aliphatic rings. The summed E-state index contributed by atoms with van der Waals surface area (Å²) in [5, 5.41) is 0. The lowest BCUT2D eigenvalue weighted by Gasteiger charge is -1.42. The predicted molar refractivity (Wildman–Crippen MR) is 40.5 cm³/mol. The maximum absolute atomic E-state index is 3.29. The third kappa shape index (κ3) is 6.20. The molecule has 0 fully saturated rings. The summed E-state index contributed by atoms with van der Waals surface area (Å²) in [7, 11) is 0. The summed E-state index contributed by atoms with van der Waals surface area (Å²) in [6.07, 6.45) is 1.72. The molecule has 46 valence electrons. The van der Waals surface area contributed by atoms with Crippen LogP contribution in [0.25, 0.3) is 0 Å². The fraction of sp³-hybridized carbons (Fsp3) is 0.100. The average molecular weight is 126 g/mol. The van der Waals surface area contributed by atoms with Gasteiger partial charge in [0.2, 0.25) is 0 Å². The Kier molecular flexibility index (Phi) is 5.90. The van der Waals surface area contributed by atoms with E-state index in [9.17, 15) is 0 Å². The maximum Gasteiger partial charge on any atom is -0.0000447 e. The SMILES string of the molecule is C=C=C=C=C=C=C=C=CC. The monoisotopic (exact) mass is 126 g/mol. The van der Waals surface area contributed by atoms with Gasteiger partial charge in [-0.15, -0.1) is 0 Å². The Bertz CT molecular complexity index is 341. The summed E-state index contributed by atoms with van der Waals surface area (Å²) < 4.78 is 0. The summed E-state index contributed by atoms with van der Waals surface area (Å²) in [5.41, 5.74) is 17.6. The molecule has 0 amide bonds. The number of rotatable bonds is 0. The van der Waals surface area contributed by atoms with Crippen LogP contribution in [0.2, 0.25) is 0 Å². The van der Waals surface area contributed by atoms with E-state index in [1.54, 1.807) is 6.08 Å². The summed E-state index contributed by atoms with van der Waals surface area (Å²) in [6.45, 7) is 5.13. The van der Waals surface area contributed by atoms with Crippen LogP contribution in [-0.4, -0.2) is 0 Å². The van der Waals surface area contributed by atoms with Crippen LogP contribution in [0.1, 0.15) is 6.92 Å². The van der Waals surface area contributed by atoms with Gasteiger partial charge in [-0.25, -0.2) is 0 Å². The highest BCUT2D eigenvalue weighted by molar-refractivity contribution is 4.88. The highest BCUT2D eigenvalue weighted by Gasteiger charge is 1.38. The van der Waals surface area contributed by atoms with E-state index in [0.29, 0.717) is 0 Å². The van der Waals surface area contributed by atoms with Gasteiger partial charge >= 0.3 is 0 Å². The van der Waals surface area contributed by atoms with Gasteiger partial charge in [-0.3, -0.25) is 0 Å². The first-order chi connectivity index (χ1) is 4.91. The standard InChI is InChI=1S/C10H6/c1-3-5-7-9-10-8-6-4-2/h4H,1H2,2H3. The van der Waals surface area contributed by atoms with Gasteiger partial charge in [0, 0.05) is 0 Å². The van der Waals surface area contributed by atoms with Crippen LogP contribution in [0.4, 0.5) is 0 Å². The van der Waals surface area contributed by atoms with Crippen LogP contribution in [0.15, 0.2) is 52.8 Å². The van der Waals surface area contributed by atoms with E-state index in [4.69, 9.17) is 0 Å². The molecular weight excluding hydrogens is 120 g/mol. The number of hydrogen-bond donors (Lipinski definition) is 0. The second-order valence-electron chi connectivity index (χ2n) is 1.23. The van der Waals surface area contributed by atoms with Gasteiger partial charge in [0.1, 0.15) is 0 Å². The van der Waals surface area contributed by atoms with Crippen molar-refractivity contribution in [2.75, 3.05) is 0 Å². The lowest BCUT2D eigenvalue weighted by Crippen LogP contribution is -1.24. The quantitative estimate of drug-likeness (QED) is 0.437. The van der Waals surface area contributed by atoms with Crippen molar-refractivity contribution < 1.29 is 0 Å². The zero-order valence-corrected chi connectivity index (χ0v) is 5.78. The van der Waals surface area contributed by atoms with Gasteiger partial charge in [-0.1, -0.05) is 11.5 Å². The Morgan fingerprint density at radius 2 is 1.60 bits per heavy atom. The maximum atomic E-state index is 3.29. The highest BCUT2D eigenvalue weighted by Crippen LogP contribution is 1.56. The molecule has 0 aliphatic carbocycles. The highest BCUT2D eigenvalue weighted by atomic mass is 13.4. The van der Waals surface area contributed by atoms with E-state index >= 15 is 0 Å². The number of hydrogen-bond acceptors (Lipinski definition) is 0. The van der Waals surface area contributed by atoms with Crippen molar-refractivity contribution in [2.45, 2.75) is 6.92 Å². The van der Waals surface area contributed by atoms with Crippen molar-refractivity contribution in [2.24, 2.45) is 0 Å². The molecule has 0 spiro atoms. The largest absolute Gasteiger partial charge is 0.0687 e. The van der Waals surface area contributed by atoms with Gasteiger partial charge in [-0.05, 0) is 48.2 Å². The normalized spacial score (nSPS) is 4.10. The molecule has 0 saturated carbocycles. The first kappa shape index (κ1) is 8.20. The summed E-state index contributed by atoms with van der Waals surface area (Å²) in [6, 6.07) is 0. The molecule has 0 aromatic heterocycles. The van der Waals surface area contributed by atoms with Crippen molar-refractivity contribution >= 4 is 0 Å². The van der Waals surface area contributed by atoms with Gasteiger partial charge in [0.15, 0.2) is 0 Å². The molecule has 0 aromatic carbocycles. The Morgan fingerprint density at radius 1 is 1.00 bits per heavy atom. The first-order valence-corrected chi connectivity index (χ1v) is 2.72. The summed E-state index contributed by atoms with van der Waals surface area (Å²) >= 11 is 0. The zero-order valence-electron chi connectivity index (χ0n) is 5.78. The van der Waals surface area contributed by atoms with E-state index in [1.165, 1.54) is 0 Å². The van der Waals surface area contributed by atoms with E-state index < -0.39 is 0 Å². The van der Waals surface area contributed by atoms with Crippen molar-refractivity contribution in [1.82, 2.24) is 0 Å². The average Bonchev–Trinajstić information content (AvgIpc) is 1.97. The molecule has 0 aromatic rings.